The molecule has 0 unspecified atom stereocenters. The van der Waals surface area contributed by atoms with Crippen molar-refractivity contribution in [2.45, 2.75) is 45.4 Å². The van der Waals surface area contributed by atoms with E-state index in [4.69, 9.17) is 4.74 Å². The first-order valence-corrected chi connectivity index (χ1v) is 6.35. The lowest BCUT2D eigenvalue weighted by molar-refractivity contribution is 0.0521. The van der Waals surface area contributed by atoms with Crippen LogP contribution in [0.3, 0.4) is 0 Å². The molecule has 0 saturated carbocycles. The highest BCUT2D eigenvalue weighted by molar-refractivity contribution is 4.94. The minimum Gasteiger partial charge on any atom is -0.378 e. The summed E-state index contributed by atoms with van der Waals surface area (Å²) in [6.45, 7) is 10.2. The van der Waals surface area contributed by atoms with Crippen LogP contribution in [-0.4, -0.2) is 31.2 Å². The van der Waals surface area contributed by atoms with Gasteiger partial charge in [-0.2, -0.15) is 0 Å². The SMILES string of the molecule is C=C(CCCCCCC)N1CCOCC1. The highest BCUT2D eigenvalue weighted by Gasteiger charge is 2.11. The number of rotatable bonds is 7. The highest BCUT2D eigenvalue weighted by Crippen LogP contribution is 2.14. The van der Waals surface area contributed by atoms with E-state index in [1.54, 1.807) is 0 Å². The average Bonchev–Trinajstić information content (AvgIpc) is 2.30. The van der Waals surface area contributed by atoms with E-state index in [1.165, 1.54) is 44.2 Å². The molecular weight excluding hydrogens is 186 g/mol. The third-order valence-corrected chi connectivity index (χ3v) is 3.03. The standard InChI is InChI=1S/C13H25NO/c1-3-4-5-6-7-8-13(2)14-9-11-15-12-10-14/h2-12H2,1H3. The van der Waals surface area contributed by atoms with Crippen molar-refractivity contribution in [1.82, 2.24) is 4.90 Å². The Morgan fingerprint density at radius 3 is 2.47 bits per heavy atom. The normalized spacial score (nSPS) is 16.7. The maximum absolute atomic E-state index is 5.32. The number of unbranched alkanes of at least 4 members (excludes halogenated alkanes) is 4. The molecule has 1 aliphatic rings. The van der Waals surface area contributed by atoms with E-state index in [2.05, 4.69) is 18.4 Å². The van der Waals surface area contributed by atoms with Gasteiger partial charge in [-0.1, -0.05) is 39.2 Å². The second-order valence-electron chi connectivity index (χ2n) is 4.33. The summed E-state index contributed by atoms with van der Waals surface area (Å²) in [6.07, 6.45) is 7.92. The second kappa shape index (κ2) is 7.75. The van der Waals surface area contributed by atoms with Crippen LogP contribution in [0.1, 0.15) is 45.4 Å². The lowest BCUT2D eigenvalue weighted by Crippen LogP contribution is -2.35. The number of nitrogens with zero attached hydrogens (tertiary/aromatic N) is 1. The lowest BCUT2D eigenvalue weighted by atomic mass is 10.1. The maximum Gasteiger partial charge on any atom is 0.0642 e. The summed E-state index contributed by atoms with van der Waals surface area (Å²) in [7, 11) is 0. The third-order valence-electron chi connectivity index (χ3n) is 3.03. The van der Waals surface area contributed by atoms with Crippen molar-refractivity contribution >= 4 is 0 Å². The molecule has 0 N–H and O–H groups in total. The molecule has 0 radical (unpaired) electrons. The molecule has 0 bridgehead atoms. The van der Waals surface area contributed by atoms with Crippen molar-refractivity contribution in [2.24, 2.45) is 0 Å². The number of morpholine rings is 1. The fourth-order valence-electron chi connectivity index (χ4n) is 1.97. The predicted octanol–water partition coefficient (Wildman–Crippen LogP) is 3.19. The van der Waals surface area contributed by atoms with E-state index in [9.17, 15) is 0 Å². The molecule has 0 spiro atoms. The van der Waals surface area contributed by atoms with Crippen LogP contribution < -0.4 is 0 Å². The van der Waals surface area contributed by atoms with Crippen LogP contribution in [0, 0.1) is 0 Å². The van der Waals surface area contributed by atoms with Gasteiger partial charge < -0.3 is 9.64 Å². The predicted molar refractivity (Wildman–Crippen MR) is 64.9 cm³/mol. The van der Waals surface area contributed by atoms with Gasteiger partial charge in [0.2, 0.25) is 0 Å². The molecule has 0 aromatic carbocycles. The maximum atomic E-state index is 5.32. The van der Waals surface area contributed by atoms with Crippen LogP contribution in [0.2, 0.25) is 0 Å². The van der Waals surface area contributed by atoms with E-state index < -0.39 is 0 Å². The Balaban J connectivity index is 2.02. The molecule has 1 aliphatic heterocycles. The molecule has 1 saturated heterocycles. The number of hydrogen-bond acceptors (Lipinski definition) is 2. The minimum atomic E-state index is 0.870. The van der Waals surface area contributed by atoms with Crippen molar-refractivity contribution in [3.8, 4) is 0 Å². The summed E-state index contributed by atoms with van der Waals surface area (Å²) in [5.41, 5.74) is 1.31. The largest absolute Gasteiger partial charge is 0.378 e. The molecule has 2 nitrogen and oxygen atoms in total. The molecule has 0 aromatic heterocycles. The molecule has 1 rings (SSSR count). The summed E-state index contributed by atoms with van der Waals surface area (Å²) in [5.74, 6) is 0. The van der Waals surface area contributed by atoms with E-state index >= 15 is 0 Å². The van der Waals surface area contributed by atoms with Gasteiger partial charge in [0.15, 0.2) is 0 Å². The first kappa shape index (κ1) is 12.6. The number of hydrogen-bond donors (Lipinski definition) is 0. The summed E-state index contributed by atoms with van der Waals surface area (Å²) in [4.78, 5) is 2.38. The van der Waals surface area contributed by atoms with Crippen LogP contribution in [0.5, 0.6) is 0 Å². The van der Waals surface area contributed by atoms with Gasteiger partial charge in [-0.05, 0) is 12.8 Å². The molecular formula is C13H25NO. The zero-order chi connectivity index (χ0) is 10.9. The van der Waals surface area contributed by atoms with Gasteiger partial charge in [0.05, 0.1) is 13.2 Å². The Hall–Kier alpha value is -0.500. The Labute approximate surface area is 94.3 Å². The van der Waals surface area contributed by atoms with Gasteiger partial charge in [-0.15, -0.1) is 0 Å². The van der Waals surface area contributed by atoms with Gasteiger partial charge in [-0.25, -0.2) is 0 Å². The van der Waals surface area contributed by atoms with Crippen LogP contribution in [-0.2, 0) is 4.74 Å². The molecule has 0 aromatic rings. The zero-order valence-corrected chi connectivity index (χ0v) is 10.1. The quantitative estimate of drug-likeness (QED) is 0.600. The van der Waals surface area contributed by atoms with Crippen molar-refractivity contribution in [1.29, 1.82) is 0 Å². The molecule has 15 heavy (non-hydrogen) atoms. The monoisotopic (exact) mass is 211 g/mol. The molecule has 0 amide bonds. The Kier molecular flexibility index (Phi) is 6.49. The summed E-state index contributed by atoms with van der Waals surface area (Å²) < 4.78 is 5.32. The first-order chi connectivity index (χ1) is 7.34. The second-order valence-corrected chi connectivity index (χ2v) is 4.33. The van der Waals surface area contributed by atoms with Crippen LogP contribution in [0.15, 0.2) is 12.3 Å². The van der Waals surface area contributed by atoms with E-state index in [0.717, 1.165) is 26.3 Å². The van der Waals surface area contributed by atoms with Gasteiger partial charge in [0, 0.05) is 18.8 Å². The first-order valence-electron chi connectivity index (χ1n) is 6.35. The topological polar surface area (TPSA) is 12.5 Å². The van der Waals surface area contributed by atoms with Crippen LogP contribution >= 0.6 is 0 Å². The minimum absolute atomic E-state index is 0.870. The zero-order valence-electron chi connectivity index (χ0n) is 10.1. The van der Waals surface area contributed by atoms with Gasteiger partial charge in [0.1, 0.15) is 0 Å². The van der Waals surface area contributed by atoms with Crippen molar-refractivity contribution in [3.63, 3.8) is 0 Å². The summed E-state index contributed by atoms with van der Waals surface area (Å²) in [5, 5.41) is 0. The Bertz CT molecular complexity index is 173. The number of allylic oxidation sites excluding steroid dienone is 1. The van der Waals surface area contributed by atoms with Crippen molar-refractivity contribution < 1.29 is 4.74 Å². The number of ether oxygens (including phenoxy) is 1. The van der Waals surface area contributed by atoms with Crippen LogP contribution in [0.4, 0.5) is 0 Å². The molecule has 0 aliphatic carbocycles. The fourth-order valence-corrected chi connectivity index (χ4v) is 1.97. The average molecular weight is 211 g/mol. The molecule has 2 heteroatoms. The van der Waals surface area contributed by atoms with Crippen molar-refractivity contribution in [2.75, 3.05) is 26.3 Å². The van der Waals surface area contributed by atoms with E-state index in [-0.39, 0.29) is 0 Å². The highest BCUT2D eigenvalue weighted by atomic mass is 16.5. The molecule has 0 atom stereocenters. The molecule has 1 fully saturated rings. The lowest BCUT2D eigenvalue weighted by Gasteiger charge is -2.30. The third kappa shape index (κ3) is 5.22. The van der Waals surface area contributed by atoms with Crippen LogP contribution in [0.25, 0.3) is 0 Å². The van der Waals surface area contributed by atoms with E-state index in [1.807, 2.05) is 0 Å². The Morgan fingerprint density at radius 1 is 1.13 bits per heavy atom. The van der Waals surface area contributed by atoms with Gasteiger partial charge >= 0.3 is 0 Å². The molecule has 88 valence electrons. The smallest absolute Gasteiger partial charge is 0.0642 e. The summed E-state index contributed by atoms with van der Waals surface area (Å²) in [6, 6.07) is 0. The van der Waals surface area contributed by atoms with Gasteiger partial charge in [-0.3, -0.25) is 0 Å². The van der Waals surface area contributed by atoms with E-state index in [0.29, 0.717) is 0 Å². The van der Waals surface area contributed by atoms with Crippen molar-refractivity contribution in [3.05, 3.63) is 12.3 Å². The summed E-state index contributed by atoms with van der Waals surface area (Å²) >= 11 is 0. The Morgan fingerprint density at radius 2 is 1.80 bits per heavy atom. The fraction of sp³-hybridized carbons (Fsp3) is 0.846. The molecule has 1 heterocycles. The van der Waals surface area contributed by atoms with Gasteiger partial charge in [0.25, 0.3) is 0 Å².